The third-order valence-electron chi connectivity index (χ3n) is 3.04. The minimum atomic E-state index is -0.256. The Morgan fingerprint density at radius 2 is 2.17 bits per heavy atom. The van der Waals surface area contributed by atoms with Crippen LogP contribution in [0.5, 0.6) is 0 Å². The predicted octanol–water partition coefficient (Wildman–Crippen LogP) is 3.42. The summed E-state index contributed by atoms with van der Waals surface area (Å²) in [5, 5.41) is 4.01. The number of halogens is 2. The van der Waals surface area contributed by atoms with Crippen LogP contribution in [0.25, 0.3) is 0 Å². The van der Waals surface area contributed by atoms with Crippen LogP contribution in [-0.2, 0) is 11.2 Å². The minimum Gasteiger partial charge on any atom is -0.380 e. The van der Waals surface area contributed by atoms with Crippen molar-refractivity contribution in [2.24, 2.45) is 0 Å². The Morgan fingerprint density at radius 1 is 1.44 bits per heavy atom. The van der Waals surface area contributed by atoms with Crippen LogP contribution >= 0.6 is 11.6 Å². The lowest BCUT2D eigenvalue weighted by Crippen LogP contribution is -2.41. The van der Waals surface area contributed by atoms with E-state index in [1.54, 1.807) is 13.2 Å². The molecule has 2 unspecified atom stereocenters. The van der Waals surface area contributed by atoms with E-state index in [9.17, 15) is 4.39 Å². The van der Waals surface area contributed by atoms with Gasteiger partial charge < -0.3 is 10.1 Å². The Kier molecular flexibility index (Phi) is 6.61. The van der Waals surface area contributed by atoms with Gasteiger partial charge in [-0.15, -0.1) is 0 Å². The van der Waals surface area contributed by atoms with Crippen LogP contribution in [0.4, 0.5) is 4.39 Å². The maximum Gasteiger partial charge on any atom is 0.123 e. The van der Waals surface area contributed by atoms with Crippen molar-refractivity contribution in [2.75, 3.05) is 13.7 Å². The number of rotatable bonds is 7. The first kappa shape index (κ1) is 15.4. The van der Waals surface area contributed by atoms with Crippen LogP contribution in [-0.4, -0.2) is 25.8 Å². The molecule has 0 fully saturated rings. The van der Waals surface area contributed by atoms with Crippen LogP contribution in [0.3, 0.4) is 0 Å². The van der Waals surface area contributed by atoms with Gasteiger partial charge in [-0.1, -0.05) is 18.5 Å². The molecule has 18 heavy (non-hydrogen) atoms. The SMILES string of the molecule is CCCNC(Cc1cc(F)ccc1Cl)C(C)OC. The molecule has 0 bridgehead atoms. The summed E-state index contributed by atoms with van der Waals surface area (Å²) >= 11 is 6.09. The normalized spacial score (nSPS) is 14.5. The van der Waals surface area contributed by atoms with E-state index in [4.69, 9.17) is 16.3 Å². The third kappa shape index (κ3) is 4.56. The van der Waals surface area contributed by atoms with Crippen molar-refractivity contribution in [3.63, 3.8) is 0 Å². The first-order chi connectivity index (χ1) is 8.58. The molecule has 0 heterocycles. The zero-order valence-corrected chi connectivity index (χ0v) is 11.9. The number of ether oxygens (including phenoxy) is 1. The molecule has 0 aliphatic heterocycles. The molecule has 2 nitrogen and oxygen atoms in total. The highest BCUT2D eigenvalue weighted by Crippen LogP contribution is 2.20. The Hall–Kier alpha value is -0.640. The van der Waals surface area contributed by atoms with E-state index in [0.29, 0.717) is 11.4 Å². The average molecular weight is 274 g/mol. The molecule has 0 aliphatic carbocycles. The van der Waals surface area contributed by atoms with Gasteiger partial charge in [0.05, 0.1) is 6.10 Å². The largest absolute Gasteiger partial charge is 0.380 e. The lowest BCUT2D eigenvalue weighted by atomic mass is 10.0. The second kappa shape index (κ2) is 7.72. The quantitative estimate of drug-likeness (QED) is 0.822. The van der Waals surface area contributed by atoms with Gasteiger partial charge in [-0.3, -0.25) is 0 Å². The zero-order valence-electron chi connectivity index (χ0n) is 11.2. The minimum absolute atomic E-state index is 0.0517. The first-order valence-electron chi connectivity index (χ1n) is 6.28. The molecule has 0 aliphatic rings. The van der Waals surface area contributed by atoms with Crippen molar-refractivity contribution >= 4 is 11.6 Å². The van der Waals surface area contributed by atoms with Crippen LogP contribution in [0.1, 0.15) is 25.8 Å². The molecule has 0 radical (unpaired) electrons. The van der Waals surface area contributed by atoms with Gasteiger partial charge in [-0.25, -0.2) is 4.39 Å². The van der Waals surface area contributed by atoms with Crippen molar-refractivity contribution in [2.45, 2.75) is 38.8 Å². The molecule has 0 aromatic heterocycles. The number of nitrogens with one attached hydrogen (secondary N) is 1. The smallest absolute Gasteiger partial charge is 0.123 e. The molecule has 1 N–H and O–H groups in total. The van der Waals surface area contributed by atoms with Crippen LogP contribution in [0.2, 0.25) is 5.02 Å². The fourth-order valence-electron chi connectivity index (χ4n) is 1.83. The lowest BCUT2D eigenvalue weighted by Gasteiger charge is -2.24. The topological polar surface area (TPSA) is 21.3 Å². The average Bonchev–Trinajstić information content (AvgIpc) is 2.37. The first-order valence-corrected chi connectivity index (χ1v) is 6.66. The summed E-state index contributed by atoms with van der Waals surface area (Å²) in [5.41, 5.74) is 0.814. The van der Waals surface area contributed by atoms with Gasteiger partial charge in [-0.2, -0.15) is 0 Å². The summed E-state index contributed by atoms with van der Waals surface area (Å²) in [7, 11) is 1.68. The van der Waals surface area contributed by atoms with Gasteiger partial charge in [0.25, 0.3) is 0 Å². The van der Waals surface area contributed by atoms with Crippen molar-refractivity contribution in [1.82, 2.24) is 5.32 Å². The van der Waals surface area contributed by atoms with E-state index in [1.165, 1.54) is 12.1 Å². The van der Waals surface area contributed by atoms with Gasteiger partial charge >= 0.3 is 0 Å². The molecule has 1 aromatic carbocycles. The Labute approximate surface area is 113 Å². The predicted molar refractivity (Wildman–Crippen MR) is 73.7 cm³/mol. The summed E-state index contributed by atoms with van der Waals surface area (Å²) < 4.78 is 18.6. The van der Waals surface area contributed by atoms with E-state index in [-0.39, 0.29) is 18.0 Å². The summed E-state index contributed by atoms with van der Waals surface area (Å²) in [6, 6.07) is 4.60. The Morgan fingerprint density at radius 3 is 2.78 bits per heavy atom. The van der Waals surface area contributed by atoms with Crippen molar-refractivity contribution < 1.29 is 9.13 Å². The lowest BCUT2D eigenvalue weighted by molar-refractivity contribution is 0.0830. The molecule has 1 aromatic rings. The maximum absolute atomic E-state index is 13.2. The van der Waals surface area contributed by atoms with E-state index < -0.39 is 0 Å². The van der Waals surface area contributed by atoms with Gasteiger partial charge in [0.15, 0.2) is 0 Å². The molecule has 0 saturated carbocycles. The monoisotopic (exact) mass is 273 g/mol. The van der Waals surface area contributed by atoms with Crippen LogP contribution < -0.4 is 5.32 Å². The zero-order chi connectivity index (χ0) is 13.5. The van der Waals surface area contributed by atoms with Gasteiger partial charge in [0.2, 0.25) is 0 Å². The second-order valence-electron chi connectivity index (χ2n) is 4.44. The Bertz CT molecular complexity index is 373. The van der Waals surface area contributed by atoms with E-state index in [1.807, 2.05) is 6.92 Å². The van der Waals surface area contributed by atoms with Gasteiger partial charge in [0, 0.05) is 18.2 Å². The molecule has 2 atom stereocenters. The number of methoxy groups -OCH3 is 1. The van der Waals surface area contributed by atoms with Crippen molar-refractivity contribution in [3.8, 4) is 0 Å². The van der Waals surface area contributed by atoms with Crippen molar-refractivity contribution in [3.05, 3.63) is 34.6 Å². The Balaban J connectivity index is 2.77. The molecule has 0 amide bonds. The molecular weight excluding hydrogens is 253 g/mol. The molecular formula is C14H21ClFNO. The standard InChI is InChI=1S/C14H21ClFNO/c1-4-7-17-14(10(2)18-3)9-11-8-12(16)5-6-13(11)15/h5-6,8,10,14,17H,4,7,9H2,1-3H3. The molecule has 0 saturated heterocycles. The molecule has 1 rings (SSSR count). The fraction of sp³-hybridized carbons (Fsp3) is 0.571. The molecule has 0 spiro atoms. The van der Waals surface area contributed by atoms with E-state index in [0.717, 1.165) is 18.5 Å². The highest BCUT2D eigenvalue weighted by atomic mass is 35.5. The highest BCUT2D eigenvalue weighted by molar-refractivity contribution is 6.31. The fourth-order valence-corrected chi connectivity index (χ4v) is 2.03. The second-order valence-corrected chi connectivity index (χ2v) is 4.85. The number of benzene rings is 1. The summed E-state index contributed by atoms with van der Waals surface area (Å²) in [6.45, 7) is 5.02. The van der Waals surface area contributed by atoms with Gasteiger partial charge in [-0.05, 0) is 50.1 Å². The number of hydrogen-bond donors (Lipinski definition) is 1. The summed E-state index contributed by atoms with van der Waals surface area (Å²) in [6.07, 6.45) is 1.76. The third-order valence-corrected chi connectivity index (χ3v) is 3.41. The summed E-state index contributed by atoms with van der Waals surface area (Å²) in [5.74, 6) is -0.256. The van der Waals surface area contributed by atoms with Gasteiger partial charge in [0.1, 0.15) is 5.82 Å². The molecule has 4 heteroatoms. The van der Waals surface area contributed by atoms with Crippen molar-refractivity contribution in [1.29, 1.82) is 0 Å². The van der Waals surface area contributed by atoms with Crippen LogP contribution in [0.15, 0.2) is 18.2 Å². The maximum atomic E-state index is 13.2. The van der Waals surface area contributed by atoms with E-state index in [2.05, 4.69) is 12.2 Å². The van der Waals surface area contributed by atoms with E-state index >= 15 is 0 Å². The molecule has 102 valence electrons. The van der Waals surface area contributed by atoms with Crippen LogP contribution in [0, 0.1) is 5.82 Å². The number of hydrogen-bond acceptors (Lipinski definition) is 2. The summed E-state index contributed by atoms with van der Waals surface area (Å²) in [4.78, 5) is 0. The highest BCUT2D eigenvalue weighted by Gasteiger charge is 2.18.